The second-order valence-corrected chi connectivity index (χ2v) is 9.68. The third-order valence-corrected chi connectivity index (χ3v) is 7.77. The summed E-state index contributed by atoms with van der Waals surface area (Å²) in [5.41, 5.74) is 6.69. The average molecular weight is 501 g/mol. The van der Waals surface area contributed by atoms with Gasteiger partial charge in [0.1, 0.15) is 11.5 Å². The first-order chi connectivity index (χ1) is 19.2. The molecule has 6 aromatic rings. The molecule has 0 bridgehead atoms. The van der Waals surface area contributed by atoms with E-state index in [9.17, 15) is 0 Å². The monoisotopic (exact) mass is 500 g/mol. The minimum absolute atomic E-state index is 0.526. The molecular weight excluding hydrogens is 480 g/mol. The van der Waals surface area contributed by atoms with Crippen molar-refractivity contribution >= 4 is 21.5 Å². The molecule has 0 atom stereocenters. The van der Waals surface area contributed by atoms with Crippen molar-refractivity contribution in [1.82, 2.24) is 0 Å². The zero-order valence-electron chi connectivity index (χ0n) is 20.8. The lowest BCUT2D eigenvalue weighted by molar-refractivity contribution is 0.508. The molecule has 4 heteroatoms. The number of nitrogens with zero attached hydrogens (tertiary/aromatic N) is 2. The van der Waals surface area contributed by atoms with E-state index in [0.29, 0.717) is 11.5 Å². The number of nitriles is 2. The summed E-state index contributed by atoms with van der Waals surface area (Å²) in [6.45, 7) is 0. The van der Waals surface area contributed by atoms with Crippen molar-refractivity contribution in [2.45, 2.75) is 5.41 Å². The lowest BCUT2D eigenvalue weighted by Gasteiger charge is -2.34. The minimum Gasteiger partial charge on any atom is -0.388 e. The number of rotatable bonds is 4. The maximum Gasteiger partial charge on any atom is 0.292 e. The molecule has 0 unspecified atom stereocenters. The fourth-order valence-corrected chi connectivity index (χ4v) is 6.17. The summed E-state index contributed by atoms with van der Waals surface area (Å²) in [5.74, 6) is 1.05. The zero-order valence-corrected chi connectivity index (χ0v) is 20.8. The molecule has 7 rings (SSSR count). The van der Waals surface area contributed by atoms with Gasteiger partial charge < -0.3 is 9.47 Å². The maximum absolute atomic E-state index is 8.95. The van der Waals surface area contributed by atoms with Crippen LogP contribution < -0.4 is 9.47 Å². The molecule has 0 saturated carbocycles. The Hall–Kier alpha value is -5.58. The van der Waals surface area contributed by atoms with Gasteiger partial charge in [0.2, 0.25) is 0 Å². The highest BCUT2D eigenvalue weighted by atomic mass is 16.5. The van der Waals surface area contributed by atoms with E-state index in [-0.39, 0.29) is 0 Å². The van der Waals surface area contributed by atoms with Gasteiger partial charge >= 0.3 is 0 Å². The van der Waals surface area contributed by atoms with Crippen LogP contribution in [-0.2, 0) is 5.41 Å². The third-order valence-electron chi connectivity index (χ3n) is 7.77. The van der Waals surface area contributed by atoms with E-state index in [2.05, 4.69) is 84.9 Å². The summed E-state index contributed by atoms with van der Waals surface area (Å²) in [6, 6.07) is 41.8. The van der Waals surface area contributed by atoms with E-state index in [1.165, 1.54) is 22.3 Å². The van der Waals surface area contributed by atoms with Crippen molar-refractivity contribution in [2.24, 2.45) is 0 Å². The second kappa shape index (κ2) is 8.77. The van der Waals surface area contributed by atoms with Gasteiger partial charge in [-0.3, -0.25) is 0 Å². The van der Waals surface area contributed by atoms with Crippen LogP contribution in [0.3, 0.4) is 0 Å². The number of ether oxygens (including phenoxy) is 2. The molecule has 0 radical (unpaired) electrons. The Labute approximate surface area is 225 Å². The first-order valence-electron chi connectivity index (χ1n) is 12.6. The Balaban J connectivity index is 1.54. The lowest BCUT2D eigenvalue weighted by Crippen LogP contribution is -2.28. The molecule has 0 aromatic heterocycles. The maximum atomic E-state index is 8.95. The van der Waals surface area contributed by atoms with Gasteiger partial charge in [0, 0.05) is 0 Å². The minimum atomic E-state index is -0.542. The summed E-state index contributed by atoms with van der Waals surface area (Å²) in [4.78, 5) is 0. The number of hydrogen-bond acceptors (Lipinski definition) is 4. The van der Waals surface area contributed by atoms with Crippen LogP contribution in [0.1, 0.15) is 22.3 Å². The van der Waals surface area contributed by atoms with Crippen LogP contribution in [0.25, 0.3) is 32.7 Å². The first kappa shape index (κ1) is 22.6. The predicted molar refractivity (Wildman–Crippen MR) is 151 cm³/mol. The van der Waals surface area contributed by atoms with Gasteiger partial charge in [0.15, 0.2) is 0 Å². The highest BCUT2D eigenvalue weighted by molar-refractivity contribution is 5.92. The normalized spacial score (nSPS) is 12.8. The molecule has 0 amide bonds. The van der Waals surface area contributed by atoms with E-state index in [0.717, 1.165) is 32.7 Å². The van der Waals surface area contributed by atoms with Crippen molar-refractivity contribution in [3.8, 4) is 35.1 Å². The molecule has 0 saturated heterocycles. The molecule has 0 N–H and O–H groups in total. The molecule has 182 valence electrons. The van der Waals surface area contributed by atoms with Crippen LogP contribution in [0, 0.1) is 23.0 Å². The molecule has 0 fully saturated rings. The molecule has 0 heterocycles. The van der Waals surface area contributed by atoms with Crippen molar-refractivity contribution < 1.29 is 9.47 Å². The Morgan fingerprint density at radius 2 is 0.872 bits per heavy atom. The van der Waals surface area contributed by atoms with E-state index in [1.807, 2.05) is 36.4 Å². The van der Waals surface area contributed by atoms with Gasteiger partial charge in [-0.1, -0.05) is 84.9 Å². The Morgan fingerprint density at radius 1 is 0.462 bits per heavy atom. The largest absolute Gasteiger partial charge is 0.388 e. The highest BCUT2D eigenvalue weighted by Crippen LogP contribution is 2.56. The van der Waals surface area contributed by atoms with Crippen LogP contribution in [0.2, 0.25) is 0 Å². The summed E-state index contributed by atoms with van der Waals surface area (Å²) >= 11 is 0. The van der Waals surface area contributed by atoms with Gasteiger partial charge in [0.05, 0.1) is 5.41 Å². The summed E-state index contributed by atoms with van der Waals surface area (Å²) in [6.07, 6.45) is 3.51. The predicted octanol–water partition coefficient (Wildman–Crippen LogP) is 8.08. The van der Waals surface area contributed by atoms with Crippen LogP contribution in [0.15, 0.2) is 121 Å². The highest BCUT2D eigenvalue weighted by Gasteiger charge is 2.46. The Bertz CT molecular complexity index is 1870. The fraction of sp³-hybridized carbons (Fsp3) is 0.0286. The number of benzene rings is 6. The standard InChI is InChI=1S/C35H20N2O2/c36-21-38-29-15-11-23-17-27(13-9-25(23)19-29)35(28-14-10-26-20-30(39-22-37)16-12-24(26)18-28)33-7-3-1-5-31(33)32-6-2-4-8-34(32)35/h1-20H. The Morgan fingerprint density at radius 3 is 1.33 bits per heavy atom. The van der Waals surface area contributed by atoms with Gasteiger partial charge in [-0.25, -0.2) is 0 Å². The van der Waals surface area contributed by atoms with Crippen molar-refractivity contribution in [1.29, 1.82) is 10.5 Å². The average Bonchev–Trinajstić information content (AvgIpc) is 3.28. The molecule has 0 aliphatic heterocycles. The quantitative estimate of drug-likeness (QED) is 0.229. The number of fused-ring (bicyclic) bond motifs is 5. The smallest absolute Gasteiger partial charge is 0.292 e. The van der Waals surface area contributed by atoms with Crippen molar-refractivity contribution in [2.75, 3.05) is 0 Å². The van der Waals surface area contributed by atoms with Crippen LogP contribution in [0.5, 0.6) is 11.5 Å². The van der Waals surface area contributed by atoms with Gasteiger partial charge in [-0.15, -0.1) is 10.5 Å². The van der Waals surface area contributed by atoms with E-state index in [4.69, 9.17) is 20.0 Å². The molecule has 0 spiro atoms. The van der Waals surface area contributed by atoms with E-state index < -0.39 is 5.41 Å². The molecule has 39 heavy (non-hydrogen) atoms. The van der Waals surface area contributed by atoms with Crippen molar-refractivity contribution in [3.63, 3.8) is 0 Å². The molecule has 1 aliphatic rings. The van der Waals surface area contributed by atoms with Crippen LogP contribution in [-0.4, -0.2) is 0 Å². The SMILES string of the molecule is N#COc1ccc2cc(C3(c4ccc5cc(OC#N)ccc5c4)c4ccccc4-c4ccccc43)ccc2c1. The van der Waals surface area contributed by atoms with Gasteiger partial charge in [-0.05, 0) is 91.3 Å². The first-order valence-corrected chi connectivity index (χ1v) is 12.6. The van der Waals surface area contributed by atoms with Gasteiger partial charge in [0.25, 0.3) is 12.5 Å². The van der Waals surface area contributed by atoms with Crippen LogP contribution in [0.4, 0.5) is 0 Å². The lowest BCUT2D eigenvalue weighted by atomic mass is 9.67. The fourth-order valence-electron chi connectivity index (χ4n) is 6.17. The second-order valence-electron chi connectivity index (χ2n) is 9.68. The van der Waals surface area contributed by atoms with E-state index >= 15 is 0 Å². The van der Waals surface area contributed by atoms with Gasteiger partial charge in [-0.2, -0.15) is 0 Å². The van der Waals surface area contributed by atoms with Crippen LogP contribution >= 0.6 is 0 Å². The topological polar surface area (TPSA) is 66.0 Å². The van der Waals surface area contributed by atoms with Crippen molar-refractivity contribution in [3.05, 3.63) is 144 Å². The zero-order chi connectivity index (χ0) is 26.4. The molecular formula is C35H20N2O2. The molecule has 6 aromatic carbocycles. The van der Waals surface area contributed by atoms with E-state index in [1.54, 1.807) is 12.5 Å². The Kier molecular flexibility index (Phi) is 5.08. The summed E-state index contributed by atoms with van der Waals surface area (Å²) in [5, 5.41) is 22.0. The molecule has 1 aliphatic carbocycles. The number of hydrogen-bond donors (Lipinski definition) is 0. The molecule has 4 nitrogen and oxygen atoms in total. The third kappa shape index (κ3) is 3.37. The summed E-state index contributed by atoms with van der Waals surface area (Å²) in [7, 11) is 0. The summed E-state index contributed by atoms with van der Waals surface area (Å²) < 4.78 is 10.1.